The molecule has 0 aromatic heterocycles. The van der Waals surface area contributed by atoms with Crippen molar-refractivity contribution >= 4 is 0 Å². The first-order valence-electron chi connectivity index (χ1n) is 12.7. The Labute approximate surface area is 238 Å². The molecule has 220 valence electrons. The van der Waals surface area contributed by atoms with Gasteiger partial charge >= 0.3 is 0 Å². The van der Waals surface area contributed by atoms with Gasteiger partial charge < -0.3 is 60.9 Å². The van der Waals surface area contributed by atoms with Crippen LogP contribution in [-0.4, -0.2) is 68.4 Å². The largest absolute Gasteiger partial charge is 0.508 e. The lowest BCUT2D eigenvalue weighted by Gasteiger charge is -2.33. The molecule has 0 bridgehead atoms. The molecule has 12 heteroatoms. The van der Waals surface area contributed by atoms with E-state index in [0.717, 1.165) is 24.3 Å². The normalized spacial score (nSPS) is 17.7. The summed E-state index contributed by atoms with van der Waals surface area (Å²) in [4.78, 5) is 0. The van der Waals surface area contributed by atoms with E-state index in [4.69, 9.17) is 4.74 Å². The first kappa shape index (κ1) is 28.3. The summed E-state index contributed by atoms with van der Waals surface area (Å²) in [5, 5.41) is 115. The molecule has 0 saturated heterocycles. The molecular formula is C30H28O12. The fraction of sp³-hybridized carbons (Fsp3) is 0.200. The molecule has 0 aliphatic carbocycles. The quantitative estimate of drug-likeness (QED) is 0.148. The van der Waals surface area contributed by atoms with Crippen LogP contribution < -0.4 is 4.74 Å². The lowest BCUT2D eigenvalue weighted by atomic mass is 9.80. The van der Waals surface area contributed by atoms with Crippen LogP contribution in [0.2, 0.25) is 0 Å². The van der Waals surface area contributed by atoms with Gasteiger partial charge in [-0.15, -0.1) is 0 Å². The third-order valence-corrected chi connectivity index (χ3v) is 7.38. The van der Waals surface area contributed by atoms with Crippen LogP contribution in [0, 0.1) is 0 Å². The number of phenols is 9. The van der Waals surface area contributed by atoms with Crippen LogP contribution >= 0.6 is 0 Å². The van der Waals surface area contributed by atoms with Crippen LogP contribution in [0.15, 0.2) is 54.6 Å². The number of aliphatic hydroxyl groups is 2. The van der Waals surface area contributed by atoms with Crippen molar-refractivity contribution in [1.29, 1.82) is 0 Å². The Kier molecular flexibility index (Phi) is 7.19. The topological polar surface area (TPSA) is 232 Å². The number of ether oxygens (including phenoxy) is 1. The summed E-state index contributed by atoms with van der Waals surface area (Å²) in [6.07, 6.45) is -4.52. The number of phenolic OH excluding ortho intramolecular Hbond substituents is 9. The maximum Gasteiger partial charge on any atom is 0.157 e. The lowest BCUT2D eigenvalue weighted by Crippen LogP contribution is -2.31. The minimum absolute atomic E-state index is 0.00719. The van der Waals surface area contributed by atoms with Crippen LogP contribution in [-0.2, 0) is 12.8 Å². The van der Waals surface area contributed by atoms with Crippen LogP contribution in [0.4, 0.5) is 0 Å². The van der Waals surface area contributed by atoms with E-state index in [1.807, 2.05) is 0 Å². The molecule has 0 unspecified atom stereocenters. The summed E-state index contributed by atoms with van der Waals surface area (Å²) in [5.74, 6) is -5.76. The molecule has 4 aromatic carbocycles. The molecule has 1 heterocycles. The van der Waals surface area contributed by atoms with Gasteiger partial charge in [0.2, 0.25) is 0 Å². The Morgan fingerprint density at radius 1 is 0.690 bits per heavy atom. The first-order valence-corrected chi connectivity index (χ1v) is 12.7. The second-order valence-corrected chi connectivity index (χ2v) is 10.2. The summed E-state index contributed by atoms with van der Waals surface area (Å²) in [7, 11) is 0. The summed E-state index contributed by atoms with van der Waals surface area (Å²) >= 11 is 0. The van der Waals surface area contributed by atoms with Gasteiger partial charge in [-0.05, 0) is 35.4 Å². The fourth-order valence-electron chi connectivity index (χ4n) is 5.32. The van der Waals surface area contributed by atoms with Crippen molar-refractivity contribution in [1.82, 2.24) is 0 Å². The molecule has 0 radical (unpaired) electrons. The van der Waals surface area contributed by atoms with Gasteiger partial charge in [-0.2, -0.15) is 0 Å². The highest BCUT2D eigenvalue weighted by Gasteiger charge is 2.37. The molecule has 0 saturated carbocycles. The molecule has 0 amide bonds. The Balaban J connectivity index is 1.60. The molecule has 4 atom stereocenters. The van der Waals surface area contributed by atoms with E-state index in [9.17, 15) is 56.2 Å². The third-order valence-electron chi connectivity index (χ3n) is 7.38. The highest BCUT2D eigenvalue weighted by molar-refractivity contribution is 5.62. The monoisotopic (exact) mass is 580 g/mol. The Hall–Kier alpha value is -5.20. The van der Waals surface area contributed by atoms with Crippen LogP contribution in [0.5, 0.6) is 57.5 Å². The van der Waals surface area contributed by atoms with Crippen molar-refractivity contribution in [3.63, 3.8) is 0 Å². The summed E-state index contributed by atoms with van der Waals surface area (Å²) in [6, 6.07) is 10.5. The van der Waals surface area contributed by atoms with E-state index in [0.29, 0.717) is 5.56 Å². The maximum atomic E-state index is 11.4. The van der Waals surface area contributed by atoms with Gasteiger partial charge in [0.15, 0.2) is 23.0 Å². The molecule has 5 rings (SSSR count). The number of benzene rings is 4. The standard InChI is InChI=1S/C30H28O12/c31-14-7-19(34)15(20(35)8-14)9-23(38)27(12-1-3-17(32)21(36)5-12)28-24(39)11-26-16(29(28)41)10-25(40)30(42-26)13-2-4-18(33)22(37)6-13/h1-8,11,23,25,27,30-41H,9-10H2/t23-,25+,27-,30+/m1/s1. The zero-order valence-electron chi connectivity index (χ0n) is 21.7. The smallest absolute Gasteiger partial charge is 0.157 e. The van der Waals surface area contributed by atoms with E-state index >= 15 is 0 Å². The molecule has 1 aliphatic rings. The van der Waals surface area contributed by atoms with Gasteiger partial charge in [0, 0.05) is 53.6 Å². The van der Waals surface area contributed by atoms with Gasteiger partial charge in [-0.3, -0.25) is 0 Å². The Morgan fingerprint density at radius 3 is 1.93 bits per heavy atom. The molecule has 0 spiro atoms. The molecule has 1 aliphatic heterocycles. The van der Waals surface area contributed by atoms with Gasteiger partial charge in [0.25, 0.3) is 0 Å². The molecule has 0 fully saturated rings. The Morgan fingerprint density at radius 2 is 1.31 bits per heavy atom. The summed E-state index contributed by atoms with van der Waals surface area (Å²) < 4.78 is 5.87. The number of aromatic hydroxyl groups is 9. The molecule has 4 aromatic rings. The zero-order valence-corrected chi connectivity index (χ0v) is 21.7. The average Bonchev–Trinajstić information content (AvgIpc) is 2.92. The van der Waals surface area contributed by atoms with Crippen molar-refractivity contribution in [2.24, 2.45) is 0 Å². The van der Waals surface area contributed by atoms with E-state index in [-0.39, 0.29) is 40.2 Å². The first-order chi connectivity index (χ1) is 19.8. The van der Waals surface area contributed by atoms with E-state index in [1.54, 1.807) is 0 Å². The van der Waals surface area contributed by atoms with Crippen molar-refractivity contribution < 1.29 is 60.9 Å². The van der Waals surface area contributed by atoms with Crippen LogP contribution in [0.1, 0.15) is 39.8 Å². The van der Waals surface area contributed by atoms with Gasteiger partial charge in [-0.1, -0.05) is 12.1 Å². The van der Waals surface area contributed by atoms with E-state index in [1.165, 1.54) is 30.3 Å². The van der Waals surface area contributed by atoms with Crippen molar-refractivity contribution in [3.05, 3.63) is 82.4 Å². The average molecular weight is 581 g/mol. The highest BCUT2D eigenvalue weighted by Crippen LogP contribution is 2.50. The van der Waals surface area contributed by atoms with Crippen LogP contribution in [0.3, 0.4) is 0 Å². The molecular weight excluding hydrogens is 552 g/mol. The van der Waals surface area contributed by atoms with Crippen molar-refractivity contribution in [2.75, 3.05) is 0 Å². The van der Waals surface area contributed by atoms with E-state index < -0.39 is 76.6 Å². The predicted molar refractivity (Wildman–Crippen MR) is 145 cm³/mol. The molecule has 42 heavy (non-hydrogen) atoms. The minimum atomic E-state index is -1.59. The van der Waals surface area contributed by atoms with Gasteiger partial charge in [-0.25, -0.2) is 0 Å². The SMILES string of the molecule is Oc1cc(O)c(C[C@@H](O)[C@@H](c2ccc(O)c(O)c2)c2c(O)cc3c(c2O)C[C@H](O)[C@H](c2ccc(O)c(O)c2)O3)c(O)c1. The van der Waals surface area contributed by atoms with Gasteiger partial charge in [0.05, 0.1) is 12.2 Å². The lowest BCUT2D eigenvalue weighted by molar-refractivity contribution is 0.0195. The molecule has 11 N–H and O–H groups in total. The van der Waals surface area contributed by atoms with E-state index in [2.05, 4.69) is 0 Å². The number of rotatable bonds is 6. The number of hydrogen-bond donors (Lipinski definition) is 11. The fourth-order valence-corrected chi connectivity index (χ4v) is 5.32. The number of aliphatic hydroxyl groups excluding tert-OH is 2. The van der Waals surface area contributed by atoms with Crippen LogP contribution in [0.25, 0.3) is 0 Å². The summed E-state index contributed by atoms with van der Waals surface area (Å²) in [6.45, 7) is 0. The maximum absolute atomic E-state index is 11.4. The second-order valence-electron chi connectivity index (χ2n) is 10.2. The van der Waals surface area contributed by atoms with Crippen molar-refractivity contribution in [2.45, 2.75) is 37.1 Å². The summed E-state index contributed by atoms with van der Waals surface area (Å²) in [5.41, 5.74) is 0.124. The van der Waals surface area contributed by atoms with Gasteiger partial charge in [0.1, 0.15) is 40.6 Å². The number of hydrogen-bond acceptors (Lipinski definition) is 12. The second kappa shape index (κ2) is 10.7. The third kappa shape index (κ3) is 5.04. The minimum Gasteiger partial charge on any atom is -0.508 e. The molecule has 12 nitrogen and oxygen atoms in total. The van der Waals surface area contributed by atoms with Crippen molar-refractivity contribution in [3.8, 4) is 57.5 Å². The predicted octanol–water partition coefficient (Wildman–Crippen LogP) is 2.81. The zero-order chi connectivity index (χ0) is 30.5. The Bertz CT molecular complexity index is 1640. The highest BCUT2D eigenvalue weighted by atomic mass is 16.5. The number of fused-ring (bicyclic) bond motifs is 1.